The molecule has 1 aliphatic rings. The molecule has 0 bridgehead atoms. The minimum atomic E-state index is -4.13. The summed E-state index contributed by atoms with van der Waals surface area (Å²) in [5.41, 5.74) is 3.63. The van der Waals surface area contributed by atoms with Crippen LogP contribution in [0, 0.1) is 0 Å². The van der Waals surface area contributed by atoms with Crippen LogP contribution in [0.1, 0.15) is 35.6 Å². The Balaban J connectivity index is 1.68. The average molecular weight is 329 g/mol. The van der Waals surface area contributed by atoms with Crippen LogP contribution in [0.4, 0.5) is 0 Å². The van der Waals surface area contributed by atoms with Crippen LogP contribution in [0.2, 0.25) is 0 Å². The van der Waals surface area contributed by atoms with Gasteiger partial charge in [-0.2, -0.15) is 8.42 Å². The summed E-state index contributed by atoms with van der Waals surface area (Å²) in [7, 11) is -4.13. The van der Waals surface area contributed by atoms with Crippen molar-refractivity contribution >= 4 is 16.2 Å². The van der Waals surface area contributed by atoms with Gasteiger partial charge >= 0.3 is 0 Å². The zero-order valence-electron chi connectivity index (χ0n) is 12.6. The molecule has 0 spiro atoms. The number of aryl methyl sites for hydroxylation is 1. The zero-order chi connectivity index (χ0) is 16.3. The quantitative estimate of drug-likeness (QED) is 0.842. The molecule has 120 valence electrons. The monoisotopic (exact) mass is 329 g/mol. The van der Waals surface area contributed by atoms with Crippen molar-refractivity contribution in [2.75, 3.05) is 0 Å². The molecule has 4 nitrogen and oxygen atoms in total. The highest BCUT2D eigenvalue weighted by atomic mass is 32.2. The third-order valence-corrected chi connectivity index (χ3v) is 4.99. The lowest BCUT2D eigenvalue weighted by Gasteiger charge is -2.25. The van der Waals surface area contributed by atoms with E-state index >= 15 is 0 Å². The van der Waals surface area contributed by atoms with Crippen LogP contribution in [-0.4, -0.2) is 13.0 Å². The molecular formula is C18H19NO3S. The van der Waals surface area contributed by atoms with Gasteiger partial charge in [0.25, 0.3) is 10.1 Å². The van der Waals surface area contributed by atoms with Gasteiger partial charge < -0.3 is 5.32 Å². The molecule has 0 saturated carbocycles. The normalized spacial score (nSPS) is 17.9. The van der Waals surface area contributed by atoms with Crippen molar-refractivity contribution in [3.8, 4) is 0 Å². The van der Waals surface area contributed by atoms with Gasteiger partial charge in [-0.3, -0.25) is 4.55 Å². The van der Waals surface area contributed by atoms with Crippen LogP contribution in [0.5, 0.6) is 0 Å². The number of hydrogen-bond donors (Lipinski definition) is 2. The molecule has 0 saturated heterocycles. The first-order chi connectivity index (χ1) is 11.0. The van der Waals surface area contributed by atoms with Gasteiger partial charge in [0.1, 0.15) is 0 Å². The molecule has 0 radical (unpaired) electrons. The standard InChI is InChI=1S/C18H19NO3S/c20-23(21,22)16-10-8-14(9-11-16)12-13-19-18-7-3-5-15-4-1-2-6-17(15)18/h1-2,4,6,8-13,18-19H,3,5,7H2,(H,20,21,22). The Morgan fingerprint density at radius 1 is 1.09 bits per heavy atom. The second-order valence-corrected chi connectivity index (χ2v) is 7.11. The van der Waals surface area contributed by atoms with E-state index in [2.05, 4.69) is 29.6 Å². The SMILES string of the molecule is O=S(=O)(O)c1ccc(C=CNC2CCCc3ccccc32)cc1. The maximum atomic E-state index is 11.0. The summed E-state index contributed by atoms with van der Waals surface area (Å²) in [5, 5.41) is 3.42. The third-order valence-electron chi connectivity index (χ3n) is 4.12. The third kappa shape index (κ3) is 3.81. The first kappa shape index (κ1) is 15.8. The summed E-state index contributed by atoms with van der Waals surface area (Å²) in [5.74, 6) is 0. The fraction of sp³-hybridized carbons (Fsp3) is 0.222. The predicted molar refractivity (Wildman–Crippen MR) is 90.5 cm³/mol. The molecule has 2 N–H and O–H groups in total. The van der Waals surface area contributed by atoms with Gasteiger partial charge in [0, 0.05) is 0 Å². The van der Waals surface area contributed by atoms with Gasteiger partial charge in [-0.1, -0.05) is 36.4 Å². The van der Waals surface area contributed by atoms with Crippen LogP contribution in [-0.2, 0) is 16.5 Å². The smallest absolute Gasteiger partial charge is 0.294 e. The first-order valence-electron chi connectivity index (χ1n) is 7.62. The maximum Gasteiger partial charge on any atom is 0.294 e. The van der Waals surface area contributed by atoms with Crippen molar-refractivity contribution in [3.63, 3.8) is 0 Å². The van der Waals surface area contributed by atoms with Crippen molar-refractivity contribution in [1.29, 1.82) is 0 Å². The van der Waals surface area contributed by atoms with Crippen molar-refractivity contribution in [2.24, 2.45) is 0 Å². The van der Waals surface area contributed by atoms with Gasteiger partial charge in [-0.05, 0) is 60.4 Å². The van der Waals surface area contributed by atoms with Gasteiger partial charge in [0.05, 0.1) is 10.9 Å². The summed E-state index contributed by atoms with van der Waals surface area (Å²) in [4.78, 5) is -0.0937. The first-order valence-corrected chi connectivity index (χ1v) is 9.06. The van der Waals surface area contributed by atoms with E-state index in [-0.39, 0.29) is 4.90 Å². The molecular weight excluding hydrogens is 310 g/mol. The lowest BCUT2D eigenvalue weighted by Crippen LogP contribution is -2.20. The average Bonchev–Trinajstić information content (AvgIpc) is 2.55. The molecule has 3 rings (SSSR count). The Morgan fingerprint density at radius 2 is 1.83 bits per heavy atom. The molecule has 1 aliphatic carbocycles. The van der Waals surface area contributed by atoms with E-state index in [0.717, 1.165) is 18.4 Å². The van der Waals surface area contributed by atoms with E-state index in [1.54, 1.807) is 12.1 Å². The number of nitrogens with one attached hydrogen (secondary N) is 1. The molecule has 2 aromatic carbocycles. The van der Waals surface area contributed by atoms with Crippen molar-refractivity contribution in [1.82, 2.24) is 5.32 Å². The fourth-order valence-corrected chi connectivity index (χ4v) is 3.42. The molecule has 0 aromatic heterocycles. The highest BCUT2D eigenvalue weighted by Gasteiger charge is 2.17. The summed E-state index contributed by atoms with van der Waals surface area (Å²) in [6, 6.07) is 14.9. The molecule has 1 atom stereocenters. The number of fused-ring (bicyclic) bond motifs is 1. The number of benzene rings is 2. The number of hydrogen-bond acceptors (Lipinski definition) is 3. The van der Waals surface area contributed by atoms with Crippen LogP contribution in [0.15, 0.2) is 59.6 Å². The van der Waals surface area contributed by atoms with Crippen LogP contribution in [0.25, 0.3) is 6.08 Å². The van der Waals surface area contributed by atoms with E-state index in [1.807, 2.05) is 12.3 Å². The summed E-state index contributed by atoms with van der Waals surface area (Å²) >= 11 is 0. The maximum absolute atomic E-state index is 11.0. The molecule has 23 heavy (non-hydrogen) atoms. The Bertz CT molecular complexity index is 810. The molecule has 5 heteroatoms. The van der Waals surface area contributed by atoms with E-state index < -0.39 is 10.1 Å². The summed E-state index contributed by atoms with van der Waals surface area (Å²) in [6.07, 6.45) is 7.20. The minimum absolute atomic E-state index is 0.0937. The van der Waals surface area contributed by atoms with Crippen molar-refractivity contribution in [3.05, 3.63) is 71.4 Å². The molecule has 2 aromatic rings. The van der Waals surface area contributed by atoms with E-state index in [0.29, 0.717) is 6.04 Å². The van der Waals surface area contributed by atoms with Crippen LogP contribution < -0.4 is 5.32 Å². The molecule has 0 heterocycles. The van der Waals surface area contributed by atoms with Crippen molar-refractivity contribution < 1.29 is 13.0 Å². The predicted octanol–water partition coefficient (Wildman–Crippen LogP) is 3.57. The van der Waals surface area contributed by atoms with Crippen LogP contribution in [0.3, 0.4) is 0 Å². The molecule has 0 aliphatic heterocycles. The topological polar surface area (TPSA) is 66.4 Å². The molecule has 1 unspecified atom stereocenters. The summed E-state index contributed by atoms with van der Waals surface area (Å²) < 4.78 is 31.0. The lowest BCUT2D eigenvalue weighted by atomic mass is 9.88. The Labute approximate surface area is 136 Å². The lowest BCUT2D eigenvalue weighted by molar-refractivity contribution is 0.483. The number of rotatable bonds is 4. The van der Waals surface area contributed by atoms with E-state index in [4.69, 9.17) is 4.55 Å². The highest BCUT2D eigenvalue weighted by molar-refractivity contribution is 7.85. The Kier molecular flexibility index (Phi) is 4.50. The fourth-order valence-electron chi connectivity index (χ4n) is 2.94. The van der Waals surface area contributed by atoms with Gasteiger partial charge in [-0.15, -0.1) is 0 Å². The minimum Gasteiger partial charge on any atom is -0.384 e. The molecule has 0 amide bonds. The van der Waals surface area contributed by atoms with Crippen LogP contribution >= 0.6 is 0 Å². The second kappa shape index (κ2) is 6.56. The van der Waals surface area contributed by atoms with Gasteiger partial charge in [-0.25, -0.2) is 0 Å². The Morgan fingerprint density at radius 3 is 2.57 bits per heavy atom. The second-order valence-electron chi connectivity index (χ2n) is 5.69. The highest BCUT2D eigenvalue weighted by Crippen LogP contribution is 2.29. The van der Waals surface area contributed by atoms with Gasteiger partial charge in [0.2, 0.25) is 0 Å². The van der Waals surface area contributed by atoms with Gasteiger partial charge in [0.15, 0.2) is 0 Å². The van der Waals surface area contributed by atoms with E-state index in [9.17, 15) is 8.42 Å². The van der Waals surface area contributed by atoms with Crippen molar-refractivity contribution in [2.45, 2.75) is 30.2 Å². The molecule has 0 fully saturated rings. The van der Waals surface area contributed by atoms with E-state index in [1.165, 1.54) is 29.7 Å². The zero-order valence-corrected chi connectivity index (χ0v) is 13.5. The summed E-state index contributed by atoms with van der Waals surface area (Å²) in [6.45, 7) is 0. The Hall–Kier alpha value is -2.11. The largest absolute Gasteiger partial charge is 0.384 e.